The van der Waals surface area contributed by atoms with Gasteiger partial charge in [0, 0.05) is 19.1 Å². The number of aromatic nitrogens is 1. The lowest BCUT2D eigenvalue weighted by Gasteiger charge is -2.25. The molecule has 1 aliphatic heterocycles. The van der Waals surface area contributed by atoms with E-state index < -0.39 is 0 Å². The Hall–Kier alpha value is -0.830. The molecule has 104 valence electrons. The molecule has 1 atom stereocenters. The molecule has 0 bridgehead atoms. The zero-order valence-corrected chi connectivity index (χ0v) is 12.7. The first kappa shape index (κ1) is 14.6. The van der Waals surface area contributed by atoms with Gasteiger partial charge in [0.25, 0.3) is 0 Å². The maximum atomic E-state index is 8.98. The standard InChI is InChI=1S/C13H19ClN4S/c1-2-3-7-18(9-10-5-4-6-16-10)13-17-12(14)11(8-15)19-13/h10,16H,2-7,9H2,1H3. The molecule has 2 rings (SSSR count). The number of halogens is 1. The van der Waals surface area contributed by atoms with Crippen LogP contribution >= 0.6 is 22.9 Å². The third-order valence-corrected chi connectivity index (χ3v) is 4.74. The van der Waals surface area contributed by atoms with Gasteiger partial charge in [-0.3, -0.25) is 0 Å². The number of anilines is 1. The summed E-state index contributed by atoms with van der Waals surface area (Å²) >= 11 is 7.37. The molecule has 1 aliphatic rings. The average molecular weight is 299 g/mol. The minimum absolute atomic E-state index is 0.336. The predicted molar refractivity (Wildman–Crippen MR) is 80.0 cm³/mol. The molecule has 0 spiro atoms. The van der Waals surface area contributed by atoms with Crippen molar-refractivity contribution in [2.24, 2.45) is 0 Å². The van der Waals surface area contributed by atoms with Crippen LogP contribution in [0.15, 0.2) is 0 Å². The topological polar surface area (TPSA) is 52.0 Å². The molecule has 4 nitrogen and oxygen atoms in total. The Balaban J connectivity index is 2.08. The second-order valence-electron chi connectivity index (χ2n) is 4.82. The minimum Gasteiger partial charge on any atom is -0.346 e. The SMILES string of the molecule is CCCCN(CC1CCCN1)c1nc(Cl)c(C#N)s1. The van der Waals surface area contributed by atoms with Crippen molar-refractivity contribution in [3.63, 3.8) is 0 Å². The van der Waals surface area contributed by atoms with Crippen LogP contribution in [0.3, 0.4) is 0 Å². The average Bonchev–Trinajstić information content (AvgIpc) is 3.03. The van der Waals surface area contributed by atoms with Crippen molar-refractivity contribution in [2.45, 2.75) is 38.6 Å². The summed E-state index contributed by atoms with van der Waals surface area (Å²) in [7, 11) is 0. The van der Waals surface area contributed by atoms with Gasteiger partial charge < -0.3 is 10.2 Å². The lowest BCUT2D eigenvalue weighted by atomic mass is 10.2. The zero-order chi connectivity index (χ0) is 13.7. The fourth-order valence-corrected chi connectivity index (χ4v) is 3.37. The van der Waals surface area contributed by atoms with E-state index in [1.54, 1.807) is 0 Å². The Morgan fingerprint density at radius 2 is 2.47 bits per heavy atom. The number of nitrogens with one attached hydrogen (secondary N) is 1. The molecule has 0 saturated carbocycles. The van der Waals surface area contributed by atoms with Gasteiger partial charge in [0.2, 0.25) is 0 Å². The van der Waals surface area contributed by atoms with Crippen LogP contribution in [0, 0.1) is 11.3 Å². The van der Waals surface area contributed by atoms with E-state index in [1.165, 1.54) is 24.2 Å². The van der Waals surface area contributed by atoms with Gasteiger partial charge in [-0.15, -0.1) is 0 Å². The van der Waals surface area contributed by atoms with Crippen molar-refractivity contribution in [2.75, 3.05) is 24.5 Å². The van der Waals surface area contributed by atoms with Crippen molar-refractivity contribution < 1.29 is 0 Å². The summed E-state index contributed by atoms with van der Waals surface area (Å²) in [6.07, 6.45) is 4.74. The Morgan fingerprint density at radius 3 is 3.05 bits per heavy atom. The highest BCUT2D eigenvalue weighted by Gasteiger charge is 2.21. The molecule has 1 N–H and O–H groups in total. The van der Waals surface area contributed by atoms with E-state index in [2.05, 4.69) is 28.2 Å². The second-order valence-corrected chi connectivity index (χ2v) is 6.16. The first-order chi connectivity index (χ1) is 9.24. The Morgan fingerprint density at radius 1 is 1.63 bits per heavy atom. The maximum absolute atomic E-state index is 8.98. The van der Waals surface area contributed by atoms with Gasteiger partial charge in [0.05, 0.1) is 0 Å². The van der Waals surface area contributed by atoms with Crippen LogP contribution in [-0.2, 0) is 0 Å². The Bertz CT molecular complexity index is 448. The quantitative estimate of drug-likeness (QED) is 0.877. The van der Waals surface area contributed by atoms with Crippen LogP contribution in [0.1, 0.15) is 37.5 Å². The first-order valence-electron chi connectivity index (χ1n) is 6.79. The van der Waals surface area contributed by atoms with Crippen LogP contribution < -0.4 is 10.2 Å². The molecule has 1 saturated heterocycles. The summed E-state index contributed by atoms with van der Waals surface area (Å²) in [5.74, 6) is 0. The molecular formula is C13H19ClN4S. The summed E-state index contributed by atoms with van der Waals surface area (Å²) < 4.78 is 0. The van der Waals surface area contributed by atoms with Crippen molar-refractivity contribution in [3.05, 3.63) is 10.0 Å². The molecule has 1 aromatic rings. The van der Waals surface area contributed by atoms with Crippen LogP contribution in [0.2, 0.25) is 5.15 Å². The van der Waals surface area contributed by atoms with E-state index in [9.17, 15) is 0 Å². The van der Waals surface area contributed by atoms with Gasteiger partial charge in [0.1, 0.15) is 10.9 Å². The van der Waals surface area contributed by atoms with Gasteiger partial charge in [-0.25, -0.2) is 4.98 Å². The molecule has 0 amide bonds. The smallest absolute Gasteiger partial charge is 0.188 e. The minimum atomic E-state index is 0.336. The molecule has 0 aromatic carbocycles. The number of unbranched alkanes of at least 4 members (excludes halogenated alkanes) is 1. The van der Waals surface area contributed by atoms with E-state index in [1.807, 2.05) is 0 Å². The van der Waals surface area contributed by atoms with E-state index in [0.717, 1.165) is 37.6 Å². The largest absolute Gasteiger partial charge is 0.346 e. The van der Waals surface area contributed by atoms with Gasteiger partial charge >= 0.3 is 0 Å². The highest BCUT2D eigenvalue weighted by atomic mass is 35.5. The molecule has 0 radical (unpaired) electrons. The van der Waals surface area contributed by atoms with Crippen molar-refractivity contribution in [3.8, 4) is 6.07 Å². The molecule has 1 fully saturated rings. The predicted octanol–water partition coefficient (Wildman–Crippen LogP) is 3.03. The molecule has 0 aliphatic carbocycles. The summed E-state index contributed by atoms with van der Waals surface area (Å²) in [4.78, 5) is 7.12. The van der Waals surface area contributed by atoms with Crippen LogP contribution in [0.25, 0.3) is 0 Å². The monoisotopic (exact) mass is 298 g/mol. The molecule has 6 heteroatoms. The van der Waals surface area contributed by atoms with Gasteiger partial charge in [0.15, 0.2) is 10.3 Å². The van der Waals surface area contributed by atoms with E-state index in [0.29, 0.717) is 16.1 Å². The number of hydrogen-bond acceptors (Lipinski definition) is 5. The zero-order valence-electron chi connectivity index (χ0n) is 11.2. The highest BCUT2D eigenvalue weighted by molar-refractivity contribution is 7.16. The van der Waals surface area contributed by atoms with Gasteiger partial charge in [-0.2, -0.15) is 5.26 Å². The first-order valence-corrected chi connectivity index (χ1v) is 7.98. The van der Waals surface area contributed by atoms with E-state index >= 15 is 0 Å². The van der Waals surface area contributed by atoms with Crippen LogP contribution in [0.5, 0.6) is 0 Å². The number of rotatable bonds is 6. The summed E-state index contributed by atoms with van der Waals surface area (Å²) in [5.41, 5.74) is 0. The molecule has 2 heterocycles. The molecule has 1 aromatic heterocycles. The Kier molecular flexibility index (Phi) is 5.44. The Labute approximate surface area is 123 Å². The summed E-state index contributed by atoms with van der Waals surface area (Å²) in [6, 6.07) is 2.63. The molecular weight excluding hydrogens is 280 g/mol. The molecule has 19 heavy (non-hydrogen) atoms. The highest BCUT2D eigenvalue weighted by Crippen LogP contribution is 2.29. The van der Waals surface area contributed by atoms with Crippen molar-refractivity contribution in [1.82, 2.24) is 10.3 Å². The van der Waals surface area contributed by atoms with Crippen LogP contribution in [0.4, 0.5) is 5.13 Å². The van der Waals surface area contributed by atoms with Crippen molar-refractivity contribution >= 4 is 28.1 Å². The number of nitrogens with zero attached hydrogens (tertiary/aromatic N) is 3. The van der Waals surface area contributed by atoms with Crippen molar-refractivity contribution in [1.29, 1.82) is 5.26 Å². The summed E-state index contributed by atoms with van der Waals surface area (Å²) in [6.45, 7) is 5.22. The normalized spacial score (nSPS) is 18.5. The third kappa shape index (κ3) is 3.82. The fraction of sp³-hybridized carbons (Fsp3) is 0.692. The lowest BCUT2D eigenvalue weighted by Crippen LogP contribution is -2.38. The van der Waals surface area contributed by atoms with E-state index in [4.69, 9.17) is 16.9 Å². The number of nitriles is 1. The van der Waals surface area contributed by atoms with Crippen LogP contribution in [-0.4, -0.2) is 30.7 Å². The van der Waals surface area contributed by atoms with Gasteiger partial charge in [-0.05, 0) is 25.8 Å². The third-order valence-electron chi connectivity index (χ3n) is 3.33. The molecule has 1 unspecified atom stereocenters. The van der Waals surface area contributed by atoms with E-state index in [-0.39, 0.29) is 0 Å². The summed E-state index contributed by atoms with van der Waals surface area (Å²) in [5, 5.41) is 13.7. The second kappa shape index (κ2) is 7.09. The van der Waals surface area contributed by atoms with Gasteiger partial charge in [-0.1, -0.05) is 36.3 Å². The lowest BCUT2D eigenvalue weighted by molar-refractivity contribution is 0.571. The maximum Gasteiger partial charge on any atom is 0.188 e. The number of hydrogen-bond donors (Lipinski definition) is 1. The number of thiazole rings is 1. The fourth-order valence-electron chi connectivity index (χ4n) is 2.29.